The smallest absolute Gasteiger partial charge is 0.273 e. The number of aromatic amines is 1. The Morgan fingerprint density at radius 3 is 2.54 bits per heavy atom. The van der Waals surface area contributed by atoms with Gasteiger partial charge in [0.15, 0.2) is 5.76 Å². The summed E-state index contributed by atoms with van der Waals surface area (Å²) in [6, 6.07) is 17.1. The molecule has 0 saturated heterocycles. The Balaban J connectivity index is 1.51. The maximum absolute atomic E-state index is 13.3. The first-order chi connectivity index (χ1) is 16.8. The predicted octanol–water partition coefficient (Wildman–Crippen LogP) is 5.77. The highest BCUT2D eigenvalue weighted by molar-refractivity contribution is 6.18. The highest BCUT2D eigenvalue weighted by atomic mass is 19.1. The number of carbonyl (C=O) groups excluding carboxylic acids is 2. The molecular formula is C27H20FN3O4. The monoisotopic (exact) mass is 469 g/mol. The lowest BCUT2D eigenvalue weighted by atomic mass is 10.0. The van der Waals surface area contributed by atoms with E-state index in [-0.39, 0.29) is 28.5 Å². The van der Waals surface area contributed by atoms with Gasteiger partial charge < -0.3 is 14.8 Å². The number of rotatable bonds is 5. The van der Waals surface area contributed by atoms with Crippen molar-refractivity contribution >= 4 is 28.3 Å². The number of H-pyrrole nitrogens is 1. The third-order valence-electron chi connectivity index (χ3n) is 5.69. The number of benzene rings is 3. The Kier molecular flexibility index (Phi) is 5.41. The van der Waals surface area contributed by atoms with Crippen LogP contribution in [0.25, 0.3) is 22.2 Å². The van der Waals surface area contributed by atoms with Gasteiger partial charge in [0.2, 0.25) is 5.78 Å². The number of furan rings is 1. The highest BCUT2D eigenvalue weighted by Gasteiger charge is 2.24. The summed E-state index contributed by atoms with van der Waals surface area (Å²) in [7, 11) is 0. The summed E-state index contributed by atoms with van der Waals surface area (Å²) in [6.45, 7) is 3.69. The largest absolute Gasteiger partial charge is 0.507 e. The molecule has 0 aliphatic carbocycles. The van der Waals surface area contributed by atoms with Gasteiger partial charge in [-0.05, 0) is 73.5 Å². The number of hydrogen-bond donors (Lipinski definition) is 3. The second kappa shape index (κ2) is 8.57. The number of carbonyl (C=O) groups is 2. The molecule has 0 fully saturated rings. The molecule has 7 nitrogen and oxygen atoms in total. The minimum absolute atomic E-state index is 0.0714. The van der Waals surface area contributed by atoms with E-state index in [4.69, 9.17) is 4.42 Å². The van der Waals surface area contributed by atoms with Gasteiger partial charge in [-0.25, -0.2) is 4.39 Å². The Bertz CT molecular complexity index is 1600. The van der Waals surface area contributed by atoms with E-state index in [2.05, 4.69) is 15.5 Å². The third kappa shape index (κ3) is 4.06. The number of amides is 1. The molecule has 5 rings (SSSR count). The van der Waals surface area contributed by atoms with Gasteiger partial charge in [-0.2, -0.15) is 5.10 Å². The lowest BCUT2D eigenvalue weighted by Crippen LogP contribution is -2.14. The maximum Gasteiger partial charge on any atom is 0.273 e. The topological polar surface area (TPSA) is 108 Å². The first kappa shape index (κ1) is 22.1. The number of aryl methyl sites for hydroxylation is 2. The van der Waals surface area contributed by atoms with Crippen LogP contribution in [0.1, 0.15) is 37.7 Å². The Labute approximate surface area is 199 Å². The molecule has 5 aromatic rings. The number of nitrogens with zero attached hydrogens (tertiary/aromatic N) is 1. The van der Waals surface area contributed by atoms with Crippen LogP contribution >= 0.6 is 0 Å². The van der Waals surface area contributed by atoms with Crippen LogP contribution in [0.15, 0.2) is 71.1 Å². The Morgan fingerprint density at radius 1 is 1.03 bits per heavy atom. The molecule has 0 saturated carbocycles. The molecule has 3 aromatic carbocycles. The zero-order valence-corrected chi connectivity index (χ0v) is 18.8. The number of aromatic hydroxyl groups is 1. The van der Waals surface area contributed by atoms with Gasteiger partial charge in [-0.1, -0.05) is 18.2 Å². The molecule has 0 spiro atoms. The summed E-state index contributed by atoms with van der Waals surface area (Å²) < 4.78 is 19.1. The van der Waals surface area contributed by atoms with Gasteiger partial charge in [0, 0.05) is 16.5 Å². The number of nitrogens with one attached hydrogen (secondary N) is 2. The number of para-hydroxylation sites is 1. The van der Waals surface area contributed by atoms with E-state index in [0.29, 0.717) is 27.8 Å². The zero-order chi connectivity index (χ0) is 24.7. The van der Waals surface area contributed by atoms with E-state index in [9.17, 15) is 19.1 Å². The van der Waals surface area contributed by atoms with Crippen LogP contribution in [0.4, 0.5) is 10.1 Å². The molecule has 3 N–H and O–H groups in total. The van der Waals surface area contributed by atoms with E-state index in [0.717, 1.165) is 5.56 Å². The molecule has 174 valence electrons. The normalized spacial score (nSPS) is 11.1. The van der Waals surface area contributed by atoms with E-state index in [1.807, 2.05) is 13.0 Å². The zero-order valence-electron chi connectivity index (χ0n) is 18.8. The Hall–Kier alpha value is -4.72. The number of phenols is 1. The summed E-state index contributed by atoms with van der Waals surface area (Å²) in [5.74, 6) is -1.50. The van der Waals surface area contributed by atoms with Gasteiger partial charge in [0.1, 0.15) is 22.8 Å². The fraction of sp³-hybridized carbons (Fsp3) is 0.0741. The quantitative estimate of drug-likeness (QED) is 0.283. The summed E-state index contributed by atoms with van der Waals surface area (Å²) in [4.78, 5) is 26.3. The summed E-state index contributed by atoms with van der Waals surface area (Å²) in [5, 5.41) is 20.6. The molecule has 8 heteroatoms. The van der Waals surface area contributed by atoms with Gasteiger partial charge >= 0.3 is 0 Å². The van der Waals surface area contributed by atoms with Crippen molar-refractivity contribution in [2.45, 2.75) is 13.8 Å². The number of phenolic OH excluding ortho intramolecular Hbond substituents is 1. The second-order valence-electron chi connectivity index (χ2n) is 8.24. The molecule has 0 aliphatic rings. The van der Waals surface area contributed by atoms with Crippen molar-refractivity contribution in [3.8, 4) is 17.0 Å². The summed E-state index contributed by atoms with van der Waals surface area (Å²) >= 11 is 0. The van der Waals surface area contributed by atoms with Crippen LogP contribution < -0.4 is 5.32 Å². The molecule has 2 heterocycles. The standard InChI is InChI=1S/C27H20FN3O4/c1-14-11-15(2)24(32)19(12-14)20-13-21(31-30-20)27(34)29-23-18-5-3-4-6-22(18)35-26(23)25(33)16-7-9-17(28)10-8-16/h3-13,32H,1-2H3,(H,29,34)(H,30,31). The average Bonchev–Trinajstić information content (AvgIpc) is 3.47. The van der Waals surface area contributed by atoms with Gasteiger partial charge in [0.05, 0.1) is 11.4 Å². The molecule has 0 atom stereocenters. The molecule has 0 radical (unpaired) electrons. The third-order valence-corrected chi connectivity index (χ3v) is 5.69. The first-order valence-electron chi connectivity index (χ1n) is 10.8. The number of aromatic nitrogens is 2. The van der Waals surface area contributed by atoms with Crippen LogP contribution in [0.3, 0.4) is 0 Å². The molecule has 1 amide bonds. The van der Waals surface area contributed by atoms with Crippen molar-refractivity contribution in [3.05, 3.63) is 101 Å². The van der Waals surface area contributed by atoms with E-state index >= 15 is 0 Å². The van der Waals surface area contributed by atoms with Crippen LogP contribution in [0.2, 0.25) is 0 Å². The highest BCUT2D eigenvalue weighted by Crippen LogP contribution is 2.34. The van der Waals surface area contributed by atoms with Gasteiger partial charge in [0.25, 0.3) is 5.91 Å². The van der Waals surface area contributed by atoms with E-state index in [1.165, 1.54) is 30.3 Å². The predicted molar refractivity (Wildman–Crippen MR) is 129 cm³/mol. The summed E-state index contributed by atoms with van der Waals surface area (Å²) in [6.07, 6.45) is 0. The number of fused-ring (bicyclic) bond motifs is 1. The fourth-order valence-corrected chi connectivity index (χ4v) is 3.97. The van der Waals surface area contributed by atoms with Crippen molar-refractivity contribution in [1.82, 2.24) is 10.2 Å². The lowest BCUT2D eigenvalue weighted by Gasteiger charge is -2.06. The molecule has 0 aliphatic heterocycles. The second-order valence-corrected chi connectivity index (χ2v) is 8.24. The number of ketones is 1. The Morgan fingerprint density at radius 2 is 1.77 bits per heavy atom. The number of halogens is 1. The SMILES string of the molecule is Cc1cc(C)c(O)c(-c2cc(C(=O)Nc3c(C(=O)c4ccc(F)cc4)oc4ccccc34)[nH]n2)c1. The van der Waals surface area contributed by atoms with E-state index < -0.39 is 17.5 Å². The summed E-state index contributed by atoms with van der Waals surface area (Å²) in [5.41, 5.74) is 3.50. The molecule has 0 unspecified atom stereocenters. The fourth-order valence-electron chi connectivity index (χ4n) is 3.97. The minimum atomic E-state index is -0.549. The number of anilines is 1. The van der Waals surface area contributed by atoms with Crippen molar-refractivity contribution in [3.63, 3.8) is 0 Å². The van der Waals surface area contributed by atoms with Gasteiger partial charge in [-0.15, -0.1) is 0 Å². The molecule has 2 aromatic heterocycles. The lowest BCUT2D eigenvalue weighted by molar-refractivity contribution is 0.101. The number of hydrogen-bond acceptors (Lipinski definition) is 5. The molecule has 35 heavy (non-hydrogen) atoms. The van der Waals surface area contributed by atoms with Gasteiger partial charge in [-0.3, -0.25) is 14.7 Å². The van der Waals surface area contributed by atoms with E-state index in [1.54, 1.807) is 37.3 Å². The van der Waals surface area contributed by atoms with Crippen molar-refractivity contribution in [2.75, 3.05) is 5.32 Å². The average molecular weight is 469 g/mol. The van der Waals surface area contributed by atoms with Crippen LogP contribution in [0, 0.1) is 19.7 Å². The maximum atomic E-state index is 13.3. The van der Waals surface area contributed by atoms with Crippen LogP contribution in [-0.2, 0) is 0 Å². The van der Waals surface area contributed by atoms with Crippen molar-refractivity contribution < 1.29 is 23.5 Å². The van der Waals surface area contributed by atoms with Crippen LogP contribution in [0.5, 0.6) is 5.75 Å². The first-order valence-corrected chi connectivity index (χ1v) is 10.8. The van der Waals surface area contributed by atoms with Crippen molar-refractivity contribution in [2.24, 2.45) is 0 Å². The van der Waals surface area contributed by atoms with Crippen molar-refractivity contribution in [1.29, 1.82) is 0 Å². The molecule has 0 bridgehead atoms. The minimum Gasteiger partial charge on any atom is -0.507 e. The van der Waals surface area contributed by atoms with Crippen LogP contribution in [-0.4, -0.2) is 27.0 Å². The molecular weight excluding hydrogens is 449 g/mol.